The maximum atomic E-state index is 15.2. The van der Waals surface area contributed by atoms with Gasteiger partial charge in [0, 0.05) is 11.4 Å². The van der Waals surface area contributed by atoms with Crippen molar-refractivity contribution < 1.29 is 18.9 Å². The molecular formula is C25H24FN5O3. The van der Waals surface area contributed by atoms with Crippen LogP contribution in [-0.2, 0) is 16.1 Å². The van der Waals surface area contributed by atoms with Crippen molar-refractivity contribution in [2.45, 2.75) is 50.2 Å². The number of halogens is 1. The minimum Gasteiger partial charge on any atom is -0.364 e. The quantitative estimate of drug-likeness (QED) is 0.571. The molecule has 0 bridgehead atoms. The molecule has 0 unspecified atom stereocenters. The van der Waals surface area contributed by atoms with E-state index < -0.39 is 17.9 Å². The number of hydrogen-bond acceptors (Lipinski definition) is 4. The van der Waals surface area contributed by atoms with Crippen LogP contribution in [0.25, 0.3) is 10.9 Å². The van der Waals surface area contributed by atoms with Crippen molar-refractivity contribution in [1.82, 2.24) is 14.7 Å². The first-order chi connectivity index (χ1) is 16.4. The average molecular weight is 461 g/mol. The van der Waals surface area contributed by atoms with Gasteiger partial charge in [-0.15, -0.1) is 5.12 Å². The molecule has 3 aliphatic rings. The predicted octanol–water partition coefficient (Wildman–Crippen LogP) is 2.92. The van der Waals surface area contributed by atoms with Gasteiger partial charge in [0.25, 0.3) is 11.8 Å². The Kier molecular flexibility index (Phi) is 4.68. The van der Waals surface area contributed by atoms with Gasteiger partial charge < -0.3 is 10.6 Å². The average Bonchev–Trinajstić information content (AvgIpc) is 3.77. The highest BCUT2D eigenvalue weighted by molar-refractivity contribution is 6.04. The van der Waals surface area contributed by atoms with Crippen molar-refractivity contribution in [3.63, 3.8) is 0 Å². The van der Waals surface area contributed by atoms with Gasteiger partial charge in [0.05, 0.1) is 11.2 Å². The molecular weight excluding hydrogens is 437 g/mol. The highest BCUT2D eigenvalue weighted by atomic mass is 19.2. The summed E-state index contributed by atoms with van der Waals surface area (Å²) in [5.41, 5.74) is 7.38. The molecule has 2 saturated carbocycles. The second kappa shape index (κ2) is 7.65. The Balaban J connectivity index is 1.24. The second-order valence-electron chi connectivity index (χ2n) is 9.49. The number of carbonyl (C=O) groups excluding carboxylic acids is 3. The number of nitrogens with zero attached hydrogens (tertiary/aromatic N) is 4. The minimum atomic E-state index is -0.858. The van der Waals surface area contributed by atoms with E-state index in [1.165, 1.54) is 9.58 Å². The molecule has 6 rings (SSSR count). The highest BCUT2D eigenvalue weighted by Gasteiger charge is 2.57. The third-order valence-corrected chi connectivity index (χ3v) is 7.19. The first-order valence-electron chi connectivity index (χ1n) is 11.6. The first kappa shape index (κ1) is 20.8. The number of nitrogens with two attached hydrogens (primary N) is 1. The second-order valence-corrected chi connectivity index (χ2v) is 9.49. The molecule has 1 aliphatic heterocycles. The van der Waals surface area contributed by atoms with E-state index >= 15 is 4.48 Å². The Bertz CT molecular complexity index is 1330. The molecule has 1 aromatic heterocycles. The molecule has 3 aromatic rings. The first-order valence-corrected chi connectivity index (χ1v) is 11.6. The third-order valence-electron chi connectivity index (χ3n) is 7.19. The standard InChI is InChI=1S/C25H24FN5O3/c26-31(17-5-3-4-15(10-17)14-8-9-14)25(34)21-12-16-11-20(16)30(21)22(32)13-29-19-7-2-1-6-18(19)23(28-29)24(27)33/h1-7,10,14,16,20-21H,8-9,11-13H2,(H2,27,33)/t16-,20-,21+/m1/s1. The summed E-state index contributed by atoms with van der Waals surface area (Å²) >= 11 is 0. The summed E-state index contributed by atoms with van der Waals surface area (Å²) < 4.78 is 16.7. The van der Waals surface area contributed by atoms with Crippen LogP contribution in [0.3, 0.4) is 0 Å². The van der Waals surface area contributed by atoms with Gasteiger partial charge in [0.2, 0.25) is 5.91 Å². The Hall–Kier alpha value is -3.75. The van der Waals surface area contributed by atoms with Gasteiger partial charge in [-0.2, -0.15) is 5.10 Å². The lowest BCUT2D eigenvalue weighted by Crippen LogP contribution is -2.48. The van der Waals surface area contributed by atoms with Gasteiger partial charge in [-0.25, -0.2) is 0 Å². The lowest BCUT2D eigenvalue weighted by molar-refractivity contribution is -0.140. The molecule has 1 saturated heterocycles. The van der Waals surface area contributed by atoms with Crippen molar-refractivity contribution >= 4 is 34.3 Å². The Morgan fingerprint density at radius 2 is 1.88 bits per heavy atom. The molecule has 2 aliphatic carbocycles. The zero-order valence-electron chi connectivity index (χ0n) is 18.4. The number of amides is 3. The fraction of sp³-hybridized carbons (Fsp3) is 0.360. The molecule has 9 heteroatoms. The van der Waals surface area contributed by atoms with E-state index in [1.54, 1.807) is 42.5 Å². The molecule has 8 nitrogen and oxygen atoms in total. The van der Waals surface area contributed by atoms with Crippen LogP contribution in [0.5, 0.6) is 0 Å². The van der Waals surface area contributed by atoms with Crippen LogP contribution in [0.2, 0.25) is 0 Å². The lowest BCUT2D eigenvalue weighted by Gasteiger charge is -2.28. The molecule has 3 amide bonds. The summed E-state index contributed by atoms with van der Waals surface area (Å²) in [6, 6.07) is 13.1. The van der Waals surface area contributed by atoms with Gasteiger partial charge in [0.15, 0.2) is 5.69 Å². The van der Waals surface area contributed by atoms with Gasteiger partial charge in [-0.05, 0) is 61.3 Å². The van der Waals surface area contributed by atoms with E-state index in [1.807, 2.05) is 6.07 Å². The lowest BCUT2D eigenvalue weighted by atomic mass is 10.1. The summed E-state index contributed by atoms with van der Waals surface area (Å²) in [7, 11) is 0. The zero-order chi connectivity index (χ0) is 23.6. The summed E-state index contributed by atoms with van der Waals surface area (Å²) in [5.74, 6) is -1.08. The largest absolute Gasteiger partial charge is 0.364 e. The molecule has 3 fully saturated rings. The minimum absolute atomic E-state index is 0.0647. The van der Waals surface area contributed by atoms with Crippen LogP contribution in [0.15, 0.2) is 48.5 Å². The monoisotopic (exact) mass is 461 g/mol. The van der Waals surface area contributed by atoms with E-state index in [2.05, 4.69) is 5.10 Å². The Morgan fingerprint density at radius 1 is 1.09 bits per heavy atom. The van der Waals surface area contributed by atoms with Crippen molar-refractivity contribution in [2.75, 3.05) is 5.12 Å². The maximum Gasteiger partial charge on any atom is 0.277 e. The summed E-state index contributed by atoms with van der Waals surface area (Å²) in [4.78, 5) is 39.8. The van der Waals surface area contributed by atoms with E-state index in [0.717, 1.165) is 24.8 Å². The molecule has 34 heavy (non-hydrogen) atoms. The van der Waals surface area contributed by atoms with Crippen molar-refractivity contribution in [1.29, 1.82) is 0 Å². The number of para-hydroxylation sites is 1. The topological polar surface area (TPSA) is 102 Å². The van der Waals surface area contributed by atoms with Crippen molar-refractivity contribution in [2.24, 2.45) is 11.7 Å². The third kappa shape index (κ3) is 3.43. The number of hydrogen-bond donors (Lipinski definition) is 1. The van der Waals surface area contributed by atoms with Crippen LogP contribution in [0.1, 0.15) is 47.7 Å². The van der Waals surface area contributed by atoms with Gasteiger partial charge in [-0.3, -0.25) is 19.1 Å². The van der Waals surface area contributed by atoms with E-state index in [-0.39, 0.29) is 40.9 Å². The molecule has 0 radical (unpaired) electrons. The molecule has 2 heterocycles. The van der Waals surface area contributed by atoms with Gasteiger partial charge >= 0.3 is 0 Å². The molecule has 2 N–H and O–H groups in total. The van der Waals surface area contributed by atoms with E-state index in [4.69, 9.17) is 5.73 Å². The SMILES string of the molecule is NC(=O)c1nn(CC(=O)N2[C@@H]3C[C@@H]3C[C@H]2C(=O)N(F)c2cccc(C3CC3)c2)c2ccccc12. The fourth-order valence-corrected chi connectivity index (χ4v) is 5.25. The number of carbonyl (C=O) groups is 3. The van der Waals surface area contributed by atoms with Crippen LogP contribution in [0.4, 0.5) is 10.2 Å². The van der Waals surface area contributed by atoms with E-state index in [0.29, 0.717) is 23.2 Å². The number of likely N-dealkylation sites (tertiary alicyclic amines) is 1. The molecule has 3 atom stereocenters. The van der Waals surface area contributed by atoms with Gasteiger partial charge in [0.1, 0.15) is 12.6 Å². The van der Waals surface area contributed by atoms with Gasteiger partial charge in [-0.1, -0.05) is 34.8 Å². The molecule has 0 spiro atoms. The van der Waals surface area contributed by atoms with Crippen molar-refractivity contribution in [3.05, 3.63) is 59.8 Å². The Labute approximate surface area is 195 Å². The summed E-state index contributed by atoms with van der Waals surface area (Å²) in [6.45, 7) is -0.162. The number of aromatic nitrogens is 2. The van der Waals surface area contributed by atoms with Crippen molar-refractivity contribution in [3.8, 4) is 0 Å². The smallest absolute Gasteiger partial charge is 0.277 e. The van der Waals surface area contributed by atoms with Crippen LogP contribution < -0.4 is 10.9 Å². The van der Waals surface area contributed by atoms with Crippen LogP contribution >= 0.6 is 0 Å². The normalized spacial score (nSPS) is 23.1. The number of benzene rings is 2. The number of piperidine rings is 1. The number of anilines is 1. The number of fused-ring (bicyclic) bond motifs is 2. The summed E-state index contributed by atoms with van der Waals surface area (Å²) in [6.07, 6.45) is 3.42. The zero-order valence-corrected chi connectivity index (χ0v) is 18.4. The van der Waals surface area contributed by atoms with Crippen LogP contribution in [0, 0.1) is 5.92 Å². The number of rotatable bonds is 6. The summed E-state index contributed by atoms with van der Waals surface area (Å²) in [5, 5.41) is 5.00. The Morgan fingerprint density at radius 3 is 2.65 bits per heavy atom. The maximum absolute atomic E-state index is 15.2. The predicted molar refractivity (Wildman–Crippen MR) is 122 cm³/mol. The number of primary amides is 1. The molecule has 2 aromatic carbocycles. The highest BCUT2D eigenvalue weighted by Crippen LogP contribution is 2.49. The van der Waals surface area contributed by atoms with Crippen LogP contribution in [-0.4, -0.2) is 44.5 Å². The molecule has 174 valence electrons. The van der Waals surface area contributed by atoms with E-state index in [9.17, 15) is 14.4 Å². The fourth-order valence-electron chi connectivity index (χ4n) is 5.25.